The number of nitrogens with zero attached hydrogens (tertiary/aromatic N) is 3. The van der Waals surface area contributed by atoms with Gasteiger partial charge in [-0.05, 0) is 14.0 Å². The smallest absolute Gasteiger partial charge is 0.227 e. The van der Waals surface area contributed by atoms with Crippen molar-refractivity contribution in [3.05, 3.63) is 5.82 Å². The van der Waals surface area contributed by atoms with E-state index in [0.29, 0.717) is 44.0 Å². The van der Waals surface area contributed by atoms with Gasteiger partial charge >= 0.3 is 0 Å². The van der Waals surface area contributed by atoms with Crippen molar-refractivity contribution < 1.29 is 9.84 Å². The van der Waals surface area contributed by atoms with Gasteiger partial charge in [-0.3, -0.25) is 0 Å². The van der Waals surface area contributed by atoms with E-state index in [2.05, 4.69) is 30.9 Å². The van der Waals surface area contributed by atoms with E-state index in [-0.39, 0.29) is 6.61 Å². The summed E-state index contributed by atoms with van der Waals surface area (Å²) in [5.41, 5.74) is 0. The van der Waals surface area contributed by atoms with Gasteiger partial charge in [0, 0.05) is 19.6 Å². The summed E-state index contributed by atoms with van der Waals surface area (Å²) >= 11 is 0. The van der Waals surface area contributed by atoms with Crippen LogP contribution in [0.4, 0.5) is 11.9 Å². The summed E-state index contributed by atoms with van der Waals surface area (Å²) in [6, 6.07) is 0. The Kier molecular flexibility index (Phi) is 7.71. The van der Waals surface area contributed by atoms with Crippen LogP contribution in [-0.4, -0.2) is 66.6 Å². The largest absolute Gasteiger partial charge is 0.395 e. The van der Waals surface area contributed by atoms with E-state index in [0.717, 1.165) is 6.54 Å². The lowest BCUT2D eigenvalue weighted by atomic mass is 10.6. The Morgan fingerprint density at radius 1 is 1.00 bits per heavy atom. The summed E-state index contributed by atoms with van der Waals surface area (Å²) in [5.74, 6) is 1.58. The predicted molar refractivity (Wildman–Crippen MR) is 73.4 cm³/mol. The van der Waals surface area contributed by atoms with Gasteiger partial charge in [0.25, 0.3) is 0 Å². The number of rotatable bonds is 10. The van der Waals surface area contributed by atoms with Gasteiger partial charge in [0.2, 0.25) is 11.9 Å². The molecule has 1 rings (SSSR count). The SMILES string of the molecule is CNCCOCCNc1nc(C)nc(NCCO)n1. The van der Waals surface area contributed by atoms with Crippen LogP contribution in [0.2, 0.25) is 0 Å². The van der Waals surface area contributed by atoms with Crippen LogP contribution in [0.25, 0.3) is 0 Å². The van der Waals surface area contributed by atoms with E-state index in [4.69, 9.17) is 9.84 Å². The average Bonchev–Trinajstić information content (AvgIpc) is 2.40. The normalized spacial score (nSPS) is 10.5. The molecule has 19 heavy (non-hydrogen) atoms. The number of aryl methyl sites for hydroxylation is 1. The average molecular weight is 270 g/mol. The van der Waals surface area contributed by atoms with Gasteiger partial charge in [-0.15, -0.1) is 0 Å². The first-order valence-corrected chi connectivity index (χ1v) is 6.30. The maximum atomic E-state index is 8.74. The molecule has 0 saturated heterocycles. The van der Waals surface area contributed by atoms with Gasteiger partial charge in [-0.25, -0.2) is 0 Å². The standard InChI is InChI=1S/C11H22N6O2/c1-9-15-10(13-3-6-18)17-11(16-9)14-5-8-19-7-4-12-2/h12,18H,3-8H2,1-2H3,(H2,13,14,15,16,17). The van der Waals surface area contributed by atoms with Gasteiger partial charge in [0.1, 0.15) is 5.82 Å². The van der Waals surface area contributed by atoms with Gasteiger partial charge in [-0.2, -0.15) is 15.0 Å². The molecule has 0 aliphatic carbocycles. The summed E-state index contributed by atoms with van der Waals surface area (Å²) in [5, 5.41) is 17.7. The molecule has 0 atom stereocenters. The van der Waals surface area contributed by atoms with Crippen LogP contribution in [0.15, 0.2) is 0 Å². The van der Waals surface area contributed by atoms with E-state index < -0.39 is 0 Å². The number of hydrogen-bond donors (Lipinski definition) is 4. The number of likely N-dealkylation sites (N-methyl/N-ethyl adjacent to an activating group) is 1. The van der Waals surface area contributed by atoms with Crippen molar-refractivity contribution in [3.8, 4) is 0 Å². The third kappa shape index (κ3) is 6.85. The molecule has 0 saturated carbocycles. The minimum absolute atomic E-state index is 0.0345. The zero-order chi connectivity index (χ0) is 13.9. The van der Waals surface area contributed by atoms with Crippen LogP contribution in [0.1, 0.15) is 5.82 Å². The number of aliphatic hydroxyl groups excluding tert-OH is 1. The lowest BCUT2D eigenvalue weighted by Gasteiger charge is -2.08. The maximum Gasteiger partial charge on any atom is 0.227 e. The van der Waals surface area contributed by atoms with Crippen molar-refractivity contribution >= 4 is 11.9 Å². The predicted octanol–water partition coefficient (Wildman–Crippen LogP) is -0.768. The minimum Gasteiger partial charge on any atom is -0.395 e. The highest BCUT2D eigenvalue weighted by atomic mass is 16.5. The van der Waals surface area contributed by atoms with Crippen molar-refractivity contribution in [2.75, 3.05) is 57.1 Å². The molecule has 0 aromatic carbocycles. The molecule has 0 bridgehead atoms. The fraction of sp³-hybridized carbons (Fsp3) is 0.727. The van der Waals surface area contributed by atoms with Crippen LogP contribution >= 0.6 is 0 Å². The first kappa shape index (κ1) is 15.5. The lowest BCUT2D eigenvalue weighted by Crippen LogP contribution is -2.18. The molecular formula is C11H22N6O2. The molecule has 8 nitrogen and oxygen atoms in total. The fourth-order valence-corrected chi connectivity index (χ4v) is 1.32. The van der Waals surface area contributed by atoms with Crippen molar-refractivity contribution in [1.29, 1.82) is 0 Å². The molecule has 0 unspecified atom stereocenters. The van der Waals surface area contributed by atoms with Crippen LogP contribution in [0, 0.1) is 6.92 Å². The van der Waals surface area contributed by atoms with Crippen LogP contribution in [0.3, 0.4) is 0 Å². The minimum atomic E-state index is 0.0345. The van der Waals surface area contributed by atoms with Crippen LogP contribution in [-0.2, 0) is 4.74 Å². The zero-order valence-electron chi connectivity index (χ0n) is 11.4. The molecule has 1 heterocycles. The number of aromatic nitrogens is 3. The summed E-state index contributed by atoms with van der Waals surface area (Å²) in [7, 11) is 1.89. The molecule has 0 radical (unpaired) electrons. The maximum absolute atomic E-state index is 8.74. The highest BCUT2D eigenvalue weighted by Crippen LogP contribution is 2.04. The molecule has 0 aliphatic rings. The Bertz CT molecular complexity index is 363. The molecule has 4 N–H and O–H groups in total. The highest BCUT2D eigenvalue weighted by Gasteiger charge is 2.02. The van der Waals surface area contributed by atoms with Crippen molar-refractivity contribution in [2.24, 2.45) is 0 Å². The van der Waals surface area contributed by atoms with E-state index in [1.807, 2.05) is 7.05 Å². The van der Waals surface area contributed by atoms with E-state index in [1.165, 1.54) is 0 Å². The monoisotopic (exact) mass is 270 g/mol. The molecule has 0 spiro atoms. The van der Waals surface area contributed by atoms with E-state index in [9.17, 15) is 0 Å². The molecule has 0 amide bonds. The lowest BCUT2D eigenvalue weighted by molar-refractivity contribution is 0.147. The number of nitrogens with one attached hydrogen (secondary N) is 3. The molecule has 108 valence electrons. The molecule has 1 aromatic rings. The third-order valence-corrected chi connectivity index (χ3v) is 2.17. The molecule has 8 heteroatoms. The highest BCUT2D eigenvalue weighted by molar-refractivity contribution is 5.34. The molecular weight excluding hydrogens is 248 g/mol. The van der Waals surface area contributed by atoms with Gasteiger partial charge in [-0.1, -0.05) is 0 Å². The van der Waals surface area contributed by atoms with Gasteiger partial charge < -0.3 is 25.8 Å². The van der Waals surface area contributed by atoms with E-state index in [1.54, 1.807) is 6.92 Å². The van der Waals surface area contributed by atoms with Crippen molar-refractivity contribution in [2.45, 2.75) is 6.92 Å². The summed E-state index contributed by atoms with van der Waals surface area (Å²) in [4.78, 5) is 12.5. The topological polar surface area (TPSA) is 104 Å². The molecule has 1 aromatic heterocycles. The van der Waals surface area contributed by atoms with Crippen molar-refractivity contribution in [3.63, 3.8) is 0 Å². The fourth-order valence-electron chi connectivity index (χ4n) is 1.32. The second-order valence-electron chi connectivity index (χ2n) is 3.82. The van der Waals surface area contributed by atoms with Gasteiger partial charge in [0.05, 0.1) is 19.8 Å². The second-order valence-corrected chi connectivity index (χ2v) is 3.82. The summed E-state index contributed by atoms with van der Waals surface area (Å²) in [6.07, 6.45) is 0. The Hall–Kier alpha value is -1.51. The number of anilines is 2. The molecule has 0 fully saturated rings. The quantitative estimate of drug-likeness (QED) is 0.411. The Balaban J connectivity index is 2.34. The first-order valence-electron chi connectivity index (χ1n) is 6.30. The Morgan fingerprint density at radius 2 is 1.63 bits per heavy atom. The number of aliphatic hydroxyl groups is 1. The zero-order valence-corrected chi connectivity index (χ0v) is 11.4. The van der Waals surface area contributed by atoms with E-state index >= 15 is 0 Å². The van der Waals surface area contributed by atoms with Crippen molar-refractivity contribution in [1.82, 2.24) is 20.3 Å². The Labute approximate surface area is 113 Å². The first-order chi connectivity index (χ1) is 9.26. The van der Waals surface area contributed by atoms with Gasteiger partial charge in [0.15, 0.2) is 0 Å². The van der Waals surface area contributed by atoms with Crippen LogP contribution < -0.4 is 16.0 Å². The third-order valence-electron chi connectivity index (χ3n) is 2.17. The Morgan fingerprint density at radius 3 is 2.26 bits per heavy atom. The number of hydrogen-bond acceptors (Lipinski definition) is 8. The summed E-state index contributed by atoms with van der Waals surface area (Å²) in [6.45, 7) is 4.97. The number of ether oxygens (including phenoxy) is 1. The summed E-state index contributed by atoms with van der Waals surface area (Å²) < 4.78 is 5.38. The second kappa shape index (κ2) is 9.42. The van der Waals surface area contributed by atoms with Crippen LogP contribution in [0.5, 0.6) is 0 Å². The molecule has 0 aliphatic heterocycles.